The molecule has 2 heterocycles. The van der Waals surface area contributed by atoms with Crippen molar-refractivity contribution in [3.05, 3.63) is 40.5 Å². The fraction of sp³-hybridized carbons (Fsp3) is 0. The van der Waals surface area contributed by atoms with Crippen LogP contribution in [0.3, 0.4) is 0 Å². The molecule has 0 unspecified atom stereocenters. The van der Waals surface area contributed by atoms with Gasteiger partial charge < -0.3 is 15.2 Å². The molecule has 0 radical (unpaired) electrons. The number of carboxylic acid groups (broad SMARTS) is 1. The molecule has 0 spiro atoms. The lowest BCUT2D eigenvalue weighted by Crippen LogP contribution is -2.04. The van der Waals surface area contributed by atoms with E-state index in [0.717, 1.165) is 6.20 Å². The van der Waals surface area contributed by atoms with Crippen molar-refractivity contribution >= 4 is 11.8 Å². The first-order valence-corrected chi connectivity index (χ1v) is 4.33. The molecule has 0 atom stereocenters. The molecular formula is C8H5N5O4. The van der Waals surface area contributed by atoms with E-state index in [-0.39, 0.29) is 17.3 Å². The highest BCUT2D eigenvalue weighted by Crippen LogP contribution is 2.10. The van der Waals surface area contributed by atoms with Crippen molar-refractivity contribution in [1.82, 2.24) is 19.7 Å². The number of nitrogens with zero attached hydrogens (tertiary/aromatic N) is 5. The average molecular weight is 235 g/mol. The molecule has 9 nitrogen and oxygen atoms in total. The Morgan fingerprint density at radius 3 is 2.65 bits per heavy atom. The summed E-state index contributed by atoms with van der Waals surface area (Å²) in [6.07, 6.45) is 2.35. The van der Waals surface area contributed by atoms with Gasteiger partial charge in [0.15, 0.2) is 11.5 Å². The van der Waals surface area contributed by atoms with Gasteiger partial charge in [-0.15, -0.1) is 10.2 Å². The van der Waals surface area contributed by atoms with Crippen LogP contribution < -0.4 is 0 Å². The Balaban J connectivity index is 2.33. The average Bonchev–Trinajstić information content (AvgIpc) is 2.78. The Kier molecular flexibility index (Phi) is 2.49. The zero-order valence-corrected chi connectivity index (χ0v) is 8.22. The fourth-order valence-electron chi connectivity index (χ4n) is 1.11. The van der Waals surface area contributed by atoms with E-state index in [2.05, 4.69) is 15.2 Å². The number of aromatic carboxylic acids is 1. The Labute approximate surface area is 93.5 Å². The zero-order valence-electron chi connectivity index (χ0n) is 8.22. The van der Waals surface area contributed by atoms with Crippen LogP contribution in [-0.2, 0) is 0 Å². The summed E-state index contributed by atoms with van der Waals surface area (Å²) in [6, 6.07) is 2.62. The molecule has 0 aliphatic heterocycles. The lowest BCUT2D eigenvalue weighted by Gasteiger charge is -1.97. The van der Waals surface area contributed by atoms with Crippen molar-refractivity contribution in [2.45, 2.75) is 0 Å². The summed E-state index contributed by atoms with van der Waals surface area (Å²) in [5.74, 6) is -1.27. The summed E-state index contributed by atoms with van der Waals surface area (Å²) in [7, 11) is 0. The van der Waals surface area contributed by atoms with Gasteiger partial charge in [-0.05, 0) is 22.0 Å². The number of rotatable bonds is 3. The van der Waals surface area contributed by atoms with Crippen LogP contribution in [0.5, 0.6) is 0 Å². The highest BCUT2D eigenvalue weighted by atomic mass is 16.6. The van der Waals surface area contributed by atoms with Gasteiger partial charge in [-0.2, -0.15) is 0 Å². The van der Waals surface area contributed by atoms with Crippen LogP contribution in [0.25, 0.3) is 5.82 Å². The van der Waals surface area contributed by atoms with Crippen molar-refractivity contribution in [2.75, 3.05) is 0 Å². The van der Waals surface area contributed by atoms with Crippen LogP contribution in [0.4, 0.5) is 5.82 Å². The van der Waals surface area contributed by atoms with Gasteiger partial charge in [0.1, 0.15) is 6.20 Å². The molecule has 1 N–H and O–H groups in total. The minimum absolute atomic E-state index is 0.205. The van der Waals surface area contributed by atoms with E-state index in [1.165, 1.54) is 23.0 Å². The standard InChI is InChI=1S/C8H5N5O4/c14-8(15)5-1-2-6(11-10-5)12-3-7(9-4-12)13(16)17/h1-4H,(H,14,15). The SMILES string of the molecule is O=C(O)c1ccc(-n2cnc([N+](=O)[O-])c2)nn1. The maximum Gasteiger partial charge on any atom is 0.381 e. The molecule has 0 aromatic carbocycles. The third-order valence-corrected chi connectivity index (χ3v) is 1.89. The van der Waals surface area contributed by atoms with Crippen LogP contribution in [0.1, 0.15) is 10.5 Å². The fourth-order valence-corrected chi connectivity index (χ4v) is 1.11. The molecule has 0 saturated heterocycles. The first-order valence-electron chi connectivity index (χ1n) is 4.33. The van der Waals surface area contributed by atoms with Gasteiger partial charge in [-0.25, -0.2) is 4.79 Å². The molecular weight excluding hydrogens is 230 g/mol. The zero-order chi connectivity index (χ0) is 12.4. The molecule has 17 heavy (non-hydrogen) atoms. The van der Waals surface area contributed by atoms with Crippen molar-refractivity contribution in [2.24, 2.45) is 0 Å². The molecule has 9 heteroatoms. The second-order valence-electron chi connectivity index (χ2n) is 2.98. The Hall–Kier alpha value is -2.84. The number of hydrogen-bond acceptors (Lipinski definition) is 6. The van der Waals surface area contributed by atoms with Gasteiger partial charge in [-0.1, -0.05) is 0 Å². The highest BCUT2D eigenvalue weighted by molar-refractivity contribution is 5.85. The van der Waals surface area contributed by atoms with Crippen LogP contribution in [0.2, 0.25) is 0 Å². The Bertz CT molecular complexity index is 576. The monoisotopic (exact) mass is 235 g/mol. The predicted octanol–water partition coefficient (Wildman–Crippen LogP) is 0.269. The van der Waals surface area contributed by atoms with E-state index in [4.69, 9.17) is 5.11 Å². The molecule has 2 aromatic heterocycles. The molecule has 2 aromatic rings. The summed E-state index contributed by atoms with van der Waals surface area (Å²) in [4.78, 5) is 23.8. The van der Waals surface area contributed by atoms with Crippen molar-refractivity contribution < 1.29 is 14.8 Å². The van der Waals surface area contributed by atoms with Crippen molar-refractivity contribution in [1.29, 1.82) is 0 Å². The van der Waals surface area contributed by atoms with Gasteiger partial charge in [0.2, 0.25) is 6.33 Å². The maximum absolute atomic E-state index is 10.5. The topological polar surface area (TPSA) is 124 Å². The minimum atomic E-state index is -1.19. The maximum atomic E-state index is 10.5. The molecule has 0 amide bonds. The van der Waals surface area contributed by atoms with E-state index in [1.54, 1.807) is 0 Å². The largest absolute Gasteiger partial charge is 0.476 e. The molecule has 0 aliphatic rings. The first-order chi connectivity index (χ1) is 8.08. The van der Waals surface area contributed by atoms with Gasteiger partial charge in [0.25, 0.3) is 0 Å². The highest BCUT2D eigenvalue weighted by Gasteiger charge is 2.12. The quantitative estimate of drug-likeness (QED) is 0.597. The number of nitro groups is 1. The summed E-state index contributed by atoms with van der Waals surface area (Å²) in [5, 5.41) is 26.1. The molecule has 0 bridgehead atoms. The Morgan fingerprint density at radius 1 is 1.41 bits per heavy atom. The smallest absolute Gasteiger partial charge is 0.381 e. The normalized spacial score (nSPS) is 10.1. The molecule has 0 aliphatic carbocycles. The van der Waals surface area contributed by atoms with Gasteiger partial charge in [-0.3, -0.25) is 4.57 Å². The number of aromatic nitrogens is 4. The third-order valence-electron chi connectivity index (χ3n) is 1.89. The van der Waals surface area contributed by atoms with E-state index in [1.807, 2.05) is 0 Å². The lowest BCUT2D eigenvalue weighted by atomic mass is 10.4. The van der Waals surface area contributed by atoms with Crippen LogP contribution in [0.15, 0.2) is 24.7 Å². The molecule has 0 fully saturated rings. The second-order valence-corrected chi connectivity index (χ2v) is 2.98. The van der Waals surface area contributed by atoms with E-state index < -0.39 is 10.9 Å². The van der Waals surface area contributed by atoms with Crippen molar-refractivity contribution in [3.63, 3.8) is 0 Å². The predicted molar refractivity (Wildman–Crippen MR) is 52.8 cm³/mol. The second kappa shape index (κ2) is 3.96. The summed E-state index contributed by atoms with van der Waals surface area (Å²) in [5.41, 5.74) is -0.205. The lowest BCUT2D eigenvalue weighted by molar-refractivity contribution is -0.389. The van der Waals surface area contributed by atoms with Crippen LogP contribution in [0, 0.1) is 10.1 Å². The van der Waals surface area contributed by atoms with E-state index in [9.17, 15) is 14.9 Å². The number of hydrogen-bond donors (Lipinski definition) is 1. The molecule has 0 saturated carbocycles. The van der Waals surface area contributed by atoms with Crippen LogP contribution in [-0.4, -0.2) is 35.7 Å². The number of carboxylic acids is 1. The van der Waals surface area contributed by atoms with Crippen LogP contribution >= 0.6 is 0 Å². The first kappa shape index (κ1) is 10.7. The number of carbonyl (C=O) groups is 1. The van der Waals surface area contributed by atoms with Gasteiger partial charge in [0, 0.05) is 0 Å². The third kappa shape index (κ3) is 2.07. The summed E-state index contributed by atoms with van der Waals surface area (Å²) in [6.45, 7) is 0. The van der Waals surface area contributed by atoms with Crippen molar-refractivity contribution in [3.8, 4) is 5.82 Å². The van der Waals surface area contributed by atoms with E-state index >= 15 is 0 Å². The van der Waals surface area contributed by atoms with Gasteiger partial charge >= 0.3 is 11.8 Å². The Morgan fingerprint density at radius 2 is 2.18 bits per heavy atom. The number of imidazole rings is 1. The summed E-state index contributed by atoms with van der Waals surface area (Å²) >= 11 is 0. The molecule has 2 rings (SSSR count). The van der Waals surface area contributed by atoms with E-state index in [0.29, 0.717) is 0 Å². The van der Waals surface area contributed by atoms with Gasteiger partial charge in [0.05, 0.1) is 0 Å². The minimum Gasteiger partial charge on any atom is -0.476 e. The molecule has 86 valence electrons. The summed E-state index contributed by atoms with van der Waals surface area (Å²) < 4.78 is 1.27.